The number of nitrogens with zero attached hydrogens (tertiary/aromatic N) is 2. The van der Waals surface area contributed by atoms with Crippen molar-refractivity contribution < 1.29 is 9.13 Å². The molecule has 5 heteroatoms. The van der Waals surface area contributed by atoms with Crippen molar-refractivity contribution in [1.82, 2.24) is 9.97 Å². The zero-order valence-corrected chi connectivity index (χ0v) is 14.1. The Morgan fingerprint density at radius 3 is 2.35 bits per heavy atom. The van der Waals surface area contributed by atoms with E-state index in [0.29, 0.717) is 17.3 Å². The second kappa shape index (κ2) is 6.80. The van der Waals surface area contributed by atoms with Crippen LogP contribution in [0.2, 0.25) is 0 Å². The van der Waals surface area contributed by atoms with Crippen LogP contribution in [0.25, 0.3) is 22.3 Å². The van der Waals surface area contributed by atoms with Crippen LogP contribution in [0.5, 0.6) is 5.75 Å². The highest BCUT2D eigenvalue weighted by molar-refractivity contribution is 5.92. The summed E-state index contributed by atoms with van der Waals surface area (Å²) in [6.07, 6.45) is 0. The lowest BCUT2D eigenvalue weighted by atomic mass is 10.1. The lowest BCUT2D eigenvalue weighted by Gasteiger charge is -2.12. The molecule has 0 saturated carbocycles. The van der Waals surface area contributed by atoms with Crippen molar-refractivity contribution in [1.29, 1.82) is 0 Å². The van der Waals surface area contributed by atoms with Crippen LogP contribution in [0, 0.1) is 5.82 Å². The number of anilines is 2. The van der Waals surface area contributed by atoms with Gasteiger partial charge in [-0.25, -0.2) is 14.4 Å². The van der Waals surface area contributed by atoms with Gasteiger partial charge in [0.2, 0.25) is 0 Å². The molecule has 0 bridgehead atoms. The predicted octanol–water partition coefficient (Wildman–Crippen LogP) is 5.19. The Morgan fingerprint density at radius 1 is 0.846 bits per heavy atom. The molecule has 0 fully saturated rings. The van der Waals surface area contributed by atoms with Crippen molar-refractivity contribution >= 4 is 22.4 Å². The van der Waals surface area contributed by atoms with Crippen molar-refractivity contribution in [3.63, 3.8) is 0 Å². The molecular formula is C21H16FN3O. The fraction of sp³-hybridized carbons (Fsp3) is 0.0476. The van der Waals surface area contributed by atoms with Gasteiger partial charge in [-0.2, -0.15) is 0 Å². The third-order valence-corrected chi connectivity index (χ3v) is 4.08. The van der Waals surface area contributed by atoms with Gasteiger partial charge in [0.1, 0.15) is 17.4 Å². The minimum Gasteiger partial charge on any atom is -0.497 e. The molecule has 26 heavy (non-hydrogen) atoms. The van der Waals surface area contributed by atoms with Crippen molar-refractivity contribution in [3.05, 3.63) is 78.6 Å². The molecule has 0 radical (unpaired) electrons. The van der Waals surface area contributed by atoms with E-state index in [1.807, 2.05) is 48.5 Å². The van der Waals surface area contributed by atoms with Gasteiger partial charge in [-0.05, 0) is 48.5 Å². The first-order chi connectivity index (χ1) is 12.7. The van der Waals surface area contributed by atoms with Crippen molar-refractivity contribution in [2.45, 2.75) is 0 Å². The summed E-state index contributed by atoms with van der Waals surface area (Å²) in [4.78, 5) is 9.27. The first kappa shape index (κ1) is 16.0. The lowest BCUT2D eigenvalue weighted by Crippen LogP contribution is -2.00. The number of aromatic nitrogens is 2. The van der Waals surface area contributed by atoms with Crippen LogP contribution in [0.15, 0.2) is 72.8 Å². The number of halogens is 1. The maximum Gasteiger partial charge on any atom is 0.162 e. The largest absolute Gasteiger partial charge is 0.497 e. The minimum atomic E-state index is -0.332. The summed E-state index contributed by atoms with van der Waals surface area (Å²) >= 11 is 0. The molecular weight excluding hydrogens is 329 g/mol. The van der Waals surface area contributed by atoms with E-state index in [-0.39, 0.29) is 5.82 Å². The topological polar surface area (TPSA) is 47.0 Å². The minimum absolute atomic E-state index is 0.332. The molecule has 0 aliphatic rings. The Bertz CT molecular complexity index is 1060. The summed E-state index contributed by atoms with van der Waals surface area (Å²) in [5.74, 6) is 1.55. The van der Waals surface area contributed by atoms with Gasteiger partial charge < -0.3 is 10.1 Å². The second-order valence-corrected chi connectivity index (χ2v) is 5.75. The summed E-state index contributed by atoms with van der Waals surface area (Å²) in [5, 5.41) is 3.92. The third kappa shape index (κ3) is 3.07. The first-order valence-electron chi connectivity index (χ1n) is 8.17. The van der Waals surface area contributed by atoms with Crippen molar-refractivity contribution in [2.75, 3.05) is 12.4 Å². The predicted molar refractivity (Wildman–Crippen MR) is 101 cm³/mol. The highest BCUT2D eigenvalue weighted by Gasteiger charge is 2.11. The number of fused-ring (bicyclic) bond motifs is 1. The Balaban J connectivity index is 1.84. The van der Waals surface area contributed by atoms with Gasteiger partial charge in [0, 0.05) is 10.9 Å². The quantitative estimate of drug-likeness (QED) is 0.553. The van der Waals surface area contributed by atoms with Gasteiger partial charge in [0.05, 0.1) is 18.3 Å². The number of hydrogen-bond donors (Lipinski definition) is 1. The summed E-state index contributed by atoms with van der Waals surface area (Å²) in [5.41, 5.74) is 2.01. The molecule has 0 unspecified atom stereocenters. The smallest absolute Gasteiger partial charge is 0.162 e. The molecule has 3 aromatic carbocycles. The molecule has 1 aromatic heterocycles. The zero-order chi connectivity index (χ0) is 17.9. The number of methoxy groups -OCH3 is 1. The fourth-order valence-corrected chi connectivity index (χ4v) is 2.73. The van der Waals surface area contributed by atoms with Crippen molar-refractivity contribution in [3.8, 4) is 17.1 Å². The zero-order valence-electron chi connectivity index (χ0n) is 14.1. The van der Waals surface area contributed by atoms with Crippen LogP contribution in [0.1, 0.15) is 0 Å². The maximum absolute atomic E-state index is 14.1. The van der Waals surface area contributed by atoms with E-state index in [1.54, 1.807) is 25.3 Å². The molecule has 1 N–H and O–H groups in total. The summed E-state index contributed by atoms with van der Waals surface area (Å²) in [6, 6.07) is 21.7. The van der Waals surface area contributed by atoms with Crippen LogP contribution in [-0.4, -0.2) is 17.1 Å². The van der Waals surface area contributed by atoms with E-state index in [4.69, 9.17) is 4.74 Å². The van der Waals surface area contributed by atoms with E-state index in [0.717, 1.165) is 22.2 Å². The Labute approximate surface area is 150 Å². The van der Waals surface area contributed by atoms with Crippen LogP contribution in [-0.2, 0) is 0 Å². The molecule has 1 heterocycles. The van der Waals surface area contributed by atoms with Gasteiger partial charge in [0.15, 0.2) is 5.82 Å². The molecule has 0 atom stereocenters. The standard InChI is InChI=1S/C21H16FN3O/c1-26-15-12-10-14(11-13-15)20-23-18-8-4-2-6-16(18)21(25-20)24-19-9-5-3-7-17(19)22/h2-13H,1H3,(H,23,24,25). The molecule has 4 aromatic rings. The molecule has 0 aliphatic heterocycles. The van der Waals surface area contributed by atoms with Crippen LogP contribution >= 0.6 is 0 Å². The van der Waals surface area contributed by atoms with Crippen LogP contribution in [0.4, 0.5) is 15.9 Å². The van der Waals surface area contributed by atoms with Gasteiger partial charge in [-0.3, -0.25) is 0 Å². The summed E-state index contributed by atoms with van der Waals surface area (Å²) < 4.78 is 19.3. The van der Waals surface area contributed by atoms with E-state index >= 15 is 0 Å². The molecule has 128 valence electrons. The highest BCUT2D eigenvalue weighted by Crippen LogP contribution is 2.28. The number of nitrogens with one attached hydrogen (secondary N) is 1. The number of ether oxygens (including phenoxy) is 1. The van der Waals surface area contributed by atoms with Crippen LogP contribution in [0.3, 0.4) is 0 Å². The van der Waals surface area contributed by atoms with E-state index in [1.165, 1.54) is 6.07 Å². The molecule has 0 spiro atoms. The van der Waals surface area contributed by atoms with Gasteiger partial charge in [-0.15, -0.1) is 0 Å². The Morgan fingerprint density at radius 2 is 1.58 bits per heavy atom. The van der Waals surface area contributed by atoms with E-state index in [2.05, 4.69) is 15.3 Å². The molecule has 4 rings (SSSR count). The van der Waals surface area contributed by atoms with Gasteiger partial charge >= 0.3 is 0 Å². The number of hydrogen-bond acceptors (Lipinski definition) is 4. The number of para-hydroxylation sites is 2. The van der Waals surface area contributed by atoms with Gasteiger partial charge in [0.25, 0.3) is 0 Å². The molecule has 0 aliphatic carbocycles. The Kier molecular flexibility index (Phi) is 4.19. The highest BCUT2D eigenvalue weighted by atomic mass is 19.1. The normalized spacial score (nSPS) is 10.7. The lowest BCUT2D eigenvalue weighted by molar-refractivity contribution is 0.415. The SMILES string of the molecule is COc1ccc(-c2nc(Nc3ccccc3F)c3ccccc3n2)cc1. The summed E-state index contributed by atoms with van der Waals surface area (Å²) in [6.45, 7) is 0. The maximum atomic E-state index is 14.1. The van der Waals surface area contributed by atoms with E-state index in [9.17, 15) is 4.39 Å². The first-order valence-corrected chi connectivity index (χ1v) is 8.17. The average Bonchev–Trinajstić information content (AvgIpc) is 2.69. The van der Waals surface area contributed by atoms with Crippen LogP contribution < -0.4 is 10.1 Å². The second-order valence-electron chi connectivity index (χ2n) is 5.75. The fourth-order valence-electron chi connectivity index (χ4n) is 2.73. The third-order valence-electron chi connectivity index (χ3n) is 4.08. The molecule has 0 saturated heterocycles. The van der Waals surface area contributed by atoms with Crippen molar-refractivity contribution in [2.24, 2.45) is 0 Å². The summed E-state index contributed by atoms with van der Waals surface area (Å²) in [7, 11) is 1.62. The Hall–Kier alpha value is -3.47. The average molecular weight is 345 g/mol. The monoisotopic (exact) mass is 345 g/mol. The number of benzene rings is 3. The van der Waals surface area contributed by atoms with E-state index < -0.39 is 0 Å². The number of rotatable bonds is 4. The molecule has 4 nitrogen and oxygen atoms in total. The van der Waals surface area contributed by atoms with Gasteiger partial charge in [-0.1, -0.05) is 24.3 Å². The molecule has 0 amide bonds.